The fourth-order valence-corrected chi connectivity index (χ4v) is 5.51. The number of ether oxygens (including phenoxy) is 1. The molecule has 0 saturated heterocycles. The summed E-state index contributed by atoms with van der Waals surface area (Å²) in [6.07, 6.45) is 12.9. The van der Waals surface area contributed by atoms with E-state index in [4.69, 9.17) is 19.9 Å². The van der Waals surface area contributed by atoms with Crippen LogP contribution in [0.3, 0.4) is 0 Å². The highest BCUT2D eigenvalue weighted by Crippen LogP contribution is 2.23. The van der Waals surface area contributed by atoms with Crippen LogP contribution in [0.4, 0.5) is 6.01 Å². The Hall–Kier alpha value is -3.84. The summed E-state index contributed by atoms with van der Waals surface area (Å²) in [7, 11) is 0. The minimum Gasteiger partial charge on any atom is -0.478 e. The molecule has 5 rings (SSSR count). The Morgan fingerprint density at radius 2 is 1.61 bits per heavy atom. The van der Waals surface area contributed by atoms with Crippen LogP contribution in [0.2, 0.25) is 0 Å². The molecular formula is C37H49N3O4. The lowest BCUT2D eigenvalue weighted by molar-refractivity contribution is -0.145. The van der Waals surface area contributed by atoms with E-state index < -0.39 is 12.1 Å². The molecule has 1 atom stereocenters. The number of carboxylic acid groups (broad SMARTS) is 1. The van der Waals surface area contributed by atoms with E-state index in [1.54, 1.807) is 0 Å². The molecule has 7 nitrogen and oxygen atoms in total. The Balaban J connectivity index is 0.000000555. The summed E-state index contributed by atoms with van der Waals surface area (Å²) in [5.41, 5.74) is 9.39. The summed E-state index contributed by atoms with van der Waals surface area (Å²) in [6.45, 7) is 3.91. The molecule has 1 saturated carbocycles. The number of fused-ring (bicyclic) bond motifs is 1. The van der Waals surface area contributed by atoms with E-state index in [0.717, 1.165) is 48.2 Å². The Morgan fingerprint density at radius 1 is 0.909 bits per heavy atom. The van der Waals surface area contributed by atoms with E-state index in [9.17, 15) is 9.90 Å². The highest BCUT2D eigenvalue weighted by molar-refractivity contribution is 5.74. The van der Waals surface area contributed by atoms with Crippen molar-refractivity contribution in [2.75, 3.05) is 18.0 Å². The van der Waals surface area contributed by atoms with Crippen molar-refractivity contribution >= 4 is 23.1 Å². The van der Waals surface area contributed by atoms with Crippen molar-refractivity contribution in [2.24, 2.45) is 5.73 Å². The van der Waals surface area contributed by atoms with Gasteiger partial charge >= 0.3 is 5.97 Å². The average molecular weight is 600 g/mol. The molecule has 236 valence electrons. The lowest BCUT2D eigenvalue weighted by Crippen LogP contribution is -2.29. The van der Waals surface area contributed by atoms with Gasteiger partial charge in [0.2, 0.25) is 0 Å². The van der Waals surface area contributed by atoms with Gasteiger partial charge in [0.15, 0.2) is 11.7 Å². The zero-order valence-electron chi connectivity index (χ0n) is 26.2. The number of hydrogen-bond acceptors (Lipinski definition) is 6. The van der Waals surface area contributed by atoms with Crippen LogP contribution >= 0.6 is 0 Å². The molecule has 1 heterocycles. The summed E-state index contributed by atoms with van der Waals surface area (Å²) in [4.78, 5) is 18.7. The SMILES string of the molecule is CCCCCCCN(CCc1ccc(O[C@@H](Cc2ccccc2)C(=O)O)cc1)c1nc2ccccc2o1.NC1CCCCC1. The first kappa shape index (κ1) is 33.1. The zero-order chi connectivity index (χ0) is 31.0. The number of nitrogens with zero attached hydrogens (tertiary/aromatic N) is 2. The quantitative estimate of drug-likeness (QED) is 0.133. The second-order valence-electron chi connectivity index (χ2n) is 11.8. The summed E-state index contributed by atoms with van der Waals surface area (Å²) < 4.78 is 11.9. The number of benzene rings is 3. The van der Waals surface area contributed by atoms with Crippen molar-refractivity contribution < 1.29 is 19.1 Å². The molecular weight excluding hydrogens is 550 g/mol. The van der Waals surface area contributed by atoms with Gasteiger partial charge in [-0.3, -0.25) is 0 Å². The van der Waals surface area contributed by atoms with E-state index in [-0.39, 0.29) is 0 Å². The maximum Gasteiger partial charge on any atom is 0.345 e. The Kier molecular flexibility index (Phi) is 13.6. The van der Waals surface area contributed by atoms with Gasteiger partial charge in [-0.2, -0.15) is 4.98 Å². The second kappa shape index (κ2) is 18.1. The van der Waals surface area contributed by atoms with Crippen LogP contribution in [-0.2, 0) is 17.6 Å². The van der Waals surface area contributed by atoms with Gasteiger partial charge in [0.05, 0.1) is 0 Å². The largest absolute Gasteiger partial charge is 0.478 e. The molecule has 44 heavy (non-hydrogen) atoms. The van der Waals surface area contributed by atoms with Crippen LogP contribution < -0.4 is 15.4 Å². The molecule has 0 unspecified atom stereocenters. The third kappa shape index (κ3) is 11.0. The molecule has 0 bridgehead atoms. The van der Waals surface area contributed by atoms with E-state index in [1.165, 1.54) is 57.8 Å². The fraction of sp³-hybridized carbons (Fsp3) is 0.459. The highest BCUT2D eigenvalue weighted by atomic mass is 16.5. The van der Waals surface area contributed by atoms with Crippen molar-refractivity contribution in [2.45, 2.75) is 96.1 Å². The summed E-state index contributed by atoms with van der Waals surface area (Å²) in [6, 6.07) is 26.3. The van der Waals surface area contributed by atoms with E-state index in [1.807, 2.05) is 78.9 Å². The van der Waals surface area contributed by atoms with Crippen molar-refractivity contribution in [1.82, 2.24) is 4.98 Å². The van der Waals surface area contributed by atoms with Crippen LogP contribution in [0.15, 0.2) is 83.3 Å². The first-order chi connectivity index (χ1) is 21.5. The summed E-state index contributed by atoms with van der Waals surface area (Å²) in [5, 5.41) is 9.63. The number of para-hydroxylation sites is 2. The van der Waals surface area contributed by atoms with Gasteiger partial charge in [0.25, 0.3) is 6.01 Å². The Morgan fingerprint density at radius 3 is 2.27 bits per heavy atom. The number of carboxylic acids is 1. The number of rotatable bonds is 15. The number of hydrogen-bond donors (Lipinski definition) is 2. The van der Waals surface area contributed by atoms with E-state index in [2.05, 4.69) is 11.8 Å². The molecule has 7 heteroatoms. The lowest BCUT2D eigenvalue weighted by atomic mass is 9.97. The van der Waals surface area contributed by atoms with Crippen LogP contribution in [0.25, 0.3) is 11.1 Å². The molecule has 3 N–H and O–H groups in total. The molecule has 3 aromatic carbocycles. The molecule has 0 spiro atoms. The predicted molar refractivity (Wildman–Crippen MR) is 178 cm³/mol. The number of unbranched alkanes of at least 4 members (excludes halogenated alkanes) is 4. The third-order valence-electron chi connectivity index (χ3n) is 8.15. The van der Waals surface area contributed by atoms with Crippen LogP contribution in [0.1, 0.15) is 82.3 Å². The molecule has 1 aliphatic rings. The van der Waals surface area contributed by atoms with Gasteiger partial charge < -0.3 is 24.9 Å². The second-order valence-corrected chi connectivity index (χ2v) is 11.8. The summed E-state index contributed by atoms with van der Waals surface area (Å²) in [5.74, 6) is -0.417. The van der Waals surface area contributed by atoms with Crippen molar-refractivity contribution in [3.63, 3.8) is 0 Å². The molecule has 0 aliphatic heterocycles. The van der Waals surface area contributed by atoms with E-state index >= 15 is 0 Å². The number of oxazole rings is 1. The normalized spacial score (nSPS) is 14.0. The first-order valence-electron chi connectivity index (χ1n) is 16.4. The number of carbonyl (C=O) groups is 1. The van der Waals surface area contributed by atoms with Crippen LogP contribution in [0, 0.1) is 0 Å². The minimum atomic E-state index is -0.971. The van der Waals surface area contributed by atoms with Gasteiger partial charge in [0, 0.05) is 25.6 Å². The minimum absolute atomic E-state index is 0.315. The fourth-order valence-electron chi connectivity index (χ4n) is 5.51. The summed E-state index contributed by atoms with van der Waals surface area (Å²) >= 11 is 0. The average Bonchev–Trinajstić information content (AvgIpc) is 3.48. The number of aromatic nitrogens is 1. The van der Waals surface area contributed by atoms with E-state index in [0.29, 0.717) is 24.2 Å². The topological polar surface area (TPSA) is 102 Å². The van der Waals surface area contributed by atoms with Gasteiger partial charge in [0.1, 0.15) is 11.3 Å². The van der Waals surface area contributed by atoms with Gasteiger partial charge in [-0.05, 0) is 61.1 Å². The van der Waals surface area contributed by atoms with Gasteiger partial charge in [-0.15, -0.1) is 0 Å². The standard InChI is InChI=1S/C31H36N2O4.C6H13N/c1-2-3-4-5-11-21-33(31-32-27-14-9-10-15-28(27)37-31)22-20-24-16-18-26(19-17-24)36-29(30(34)35)23-25-12-7-6-8-13-25;7-6-4-2-1-3-5-6/h6-10,12-19,29H,2-5,11,20-23H2,1H3,(H,34,35);6H,1-5,7H2/t29-;/m0./s1. The molecule has 4 aromatic rings. The first-order valence-corrected chi connectivity index (χ1v) is 16.4. The van der Waals surface area contributed by atoms with Crippen molar-refractivity contribution in [3.05, 3.63) is 90.0 Å². The van der Waals surface area contributed by atoms with Crippen LogP contribution in [-0.4, -0.2) is 41.3 Å². The zero-order valence-corrected chi connectivity index (χ0v) is 26.2. The third-order valence-corrected chi connectivity index (χ3v) is 8.15. The number of aliphatic carboxylic acids is 1. The highest BCUT2D eigenvalue weighted by Gasteiger charge is 2.20. The number of anilines is 1. The Bertz CT molecular complexity index is 1330. The predicted octanol–water partition coefficient (Wildman–Crippen LogP) is 8.20. The maximum absolute atomic E-state index is 11.8. The Labute approximate surface area is 262 Å². The monoisotopic (exact) mass is 599 g/mol. The molecule has 1 aromatic heterocycles. The van der Waals surface area contributed by atoms with Gasteiger partial charge in [-0.25, -0.2) is 4.79 Å². The lowest BCUT2D eigenvalue weighted by Gasteiger charge is -2.21. The van der Waals surface area contributed by atoms with Crippen molar-refractivity contribution in [3.8, 4) is 5.75 Å². The maximum atomic E-state index is 11.8. The molecule has 0 amide bonds. The van der Waals surface area contributed by atoms with Gasteiger partial charge in [-0.1, -0.05) is 106 Å². The molecule has 1 fully saturated rings. The smallest absolute Gasteiger partial charge is 0.345 e. The molecule has 0 radical (unpaired) electrons. The van der Waals surface area contributed by atoms with Crippen LogP contribution in [0.5, 0.6) is 5.75 Å². The number of nitrogens with two attached hydrogens (primary N) is 1. The molecule has 1 aliphatic carbocycles. The van der Waals surface area contributed by atoms with Crippen molar-refractivity contribution in [1.29, 1.82) is 0 Å².